The van der Waals surface area contributed by atoms with E-state index >= 15 is 0 Å². The summed E-state index contributed by atoms with van der Waals surface area (Å²) in [5.41, 5.74) is 2.11. The molecule has 0 bridgehead atoms. The van der Waals surface area contributed by atoms with Crippen LogP contribution in [0.1, 0.15) is 12.5 Å². The van der Waals surface area contributed by atoms with Crippen LogP contribution in [0.25, 0.3) is 0 Å². The van der Waals surface area contributed by atoms with Gasteiger partial charge in [0.15, 0.2) is 0 Å². The van der Waals surface area contributed by atoms with Gasteiger partial charge in [-0.05, 0) is 42.3 Å². The Morgan fingerprint density at radius 1 is 1.05 bits per heavy atom. The molecule has 0 radical (unpaired) electrons. The average molecular weight is 259 g/mol. The molecular weight excluding hydrogens is 241 g/mol. The number of nitrogens with one attached hydrogen (secondary N) is 1. The highest BCUT2D eigenvalue weighted by Gasteiger charge is 2.00. The highest BCUT2D eigenvalue weighted by molar-refractivity contribution is 5.42. The van der Waals surface area contributed by atoms with Gasteiger partial charge in [0.2, 0.25) is 0 Å². The number of benzene rings is 2. The smallest absolute Gasteiger partial charge is 0.123 e. The minimum atomic E-state index is -0.223. The standard InChI is InChI=1S/C16H18FNO/c1-2-13-5-3-4-6-16(13)19-12-11-18-15-9-7-14(17)8-10-15/h3-10,18H,2,11-12H2,1H3. The van der Waals surface area contributed by atoms with Gasteiger partial charge in [0, 0.05) is 12.2 Å². The minimum absolute atomic E-state index is 0.223. The van der Waals surface area contributed by atoms with Gasteiger partial charge in [-0.3, -0.25) is 0 Å². The maximum absolute atomic E-state index is 12.7. The average Bonchev–Trinajstić information content (AvgIpc) is 2.46. The van der Waals surface area contributed by atoms with Crippen molar-refractivity contribution in [2.75, 3.05) is 18.5 Å². The first-order chi connectivity index (χ1) is 9.29. The van der Waals surface area contributed by atoms with Crippen LogP contribution in [0, 0.1) is 5.82 Å². The second-order valence-corrected chi connectivity index (χ2v) is 4.24. The minimum Gasteiger partial charge on any atom is -0.491 e. The van der Waals surface area contributed by atoms with Gasteiger partial charge in [0.05, 0.1) is 0 Å². The fraction of sp³-hybridized carbons (Fsp3) is 0.250. The highest BCUT2D eigenvalue weighted by Crippen LogP contribution is 2.18. The summed E-state index contributed by atoms with van der Waals surface area (Å²) >= 11 is 0. The van der Waals surface area contributed by atoms with E-state index in [2.05, 4.69) is 18.3 Å². The molecule has 2 nitrogen and oxygen atoms in total. The van der Waals surface area contributed by atoms with Gasteiger partial charge in [-0.1, -0.05) is 25.1 Å². The highest BCUT2D eigenvalue weighted by atomic mass is 19.1. The number of halogens is 1. The van der Waals surface area contributed by atoms with Gasteiger partial charge in [0.25, 0.3) is 0 Å². The largest absolute Gasteiger partial charge is 0.491 e. The van der Waals surface area contributed by atoms with Gasteiger partial charge in [-0.2, -0.15) is 0 Å². The van der Waals surface area contributed by atoms with Crippen LogP contribution < -0.4 is 10.1 Å². The lowest BCUT2D eigenvalue weighted by molar-refractivity contribution is 0.329. The maximum Gasteiger partial charge on any atom is 0.123 e. The molecular formula is C16H18FNO. The monoisotopic (exact) mass is 259 g/mol. The molecule has 100 valence electrons. The molecule has 0 aliphatic rings. The third kappa shape index (κ3) is 3.98. The summed E-state index contributed by atoms with van der Waals surface area (Å²) in [6.45, 7) is 3.37. The van der Waals surface area contributed by atoms with Crippen molar-refractivity contribution in [2.45, 2.75) is 13.3 Å². The van der Waals surface area contributed by atoms with Gasteiger partial charge in [0.1, 0.15) is 18.2 Å². The maximum atomic E-state index is 12.7. The molecule has 2 aromatic carbocycles. The van der Waals surface area contributed by atoms with E-state index in [0.29, 0.717) is 13.2 Å². The van der Waals surface area contributed by atoms with Crippen LogP contribution in [0.5, 0.6) is 5.75 Å². The Balaban J connectivity index is 1.79. The fourth-order valence-electron chi connectivity index (χ4n) is 1.86. The lowest BCUT2D eigenvalue weighted by Crippen LogP contribution is -2.12. The van der Waals surface area contributed by atoms with Crippen LogP contribution in [0.15, 0.2) is 48.5 Å². The summed E-state index contributed by atoms with van der Waals surface area (Å²) in [5.74, 6) is 0.713. The first-order valence-corrected chi connectivity index (χ1v) is 6.49. The van der Waals surface area contributed by atoms with E-state index < -0.39 is 0 Å². The molecule has 0 spiro atoms. The molecule has 0 heterocycles. The first kappa shape index (κ1) is 13.4. The van der Waals surface area contributed by atoms with Crippen LogP contribution in [-0.2, 0) is 6.42 Å². The van der Waals surface area contributed by atoms with E-state index in [1.807, 2.05) is 18.2 Å². The number of aryl methyl sites for hydroxylation is 1. The molecule has 19 heavy (non-hydrogen) atoms. The first-order valence-electron chi connectivity index (χ1n) is 6.49. The molecule has 0 unspecified atom stereocenters. The van der Waals surface area contributed by atoms with Crippen LogP contribution in [-0.4, -0.2) is 13.2 Å². The predicted molar refractivity (Wildman–Crippen MR) is 76.2 cm³/mol. The quantitative estimate of drug-likeness (QED) is 0.795. The molecule has 0 amide bonds. The van der Waals surface area contributed by atoms with Crippen molar-refractivity contribution in [2.24, 2.45) is 0 Å². The lowest BCUT2D eigenvalue weighted by Gasteiger charge is -2.11. The van der Waals surface area contributed by atoms with Crippen molar-refractivity contribution in [3.63, 3.8) is 0 Å². The summed E-state index contributed by atoms with van der Waals surface area (Å²) in [4.78, 5) is 0. The predicted octanol–water partition coefficient (Wildman–Crippen LogP) is 3.88. The second kappa shape index (κ2) is 6.78. The van der Waals surface area contributed by atoms with Crippen molar-refractivity contribution in [3.8, 4) is 5.75 Å². The molecule has 3 heteroatoms. The van der Waals surface area contributed by atoms with Gasteiger partial charge in [-0.25, -0.2) is 4.39 Å². The number of hydrogen-bond acceptors (Lipinski definition) is 2. The number of hydrogen-bond donors (Lipinski definition) is 1. The van der Waals surface area contributed by atoms with E-state index in [-0.39, 0.29) is 5.82 Å². The topological polar surface area (TPSA) is 21.3 Å². The zero-order valence-corrected chi connectivity index (χ0v) is 11.0. The number of para-hydroxylation sites is 1. The van der Waals surface area contributed by atoms with Crippen molar-refractivity contribution < 1.29 is 9.13 Å². The summed E-state index contributed by atoms with van der Waals surface area (Å²) < 4.78 is 18.5. The Morgan fingerprint density at radius 3 is 2.53 bits per heavy atom. The molecule has 0 saturated carbocycles. The van der Waals surface area contributed by atoms with Crippen LogP contribution >= 0.6 is 0 Å². The Morgan fingerprint density at radius 2 is 1.79 bits per heavy atom. The summed E-state index contributed by atoms with van der Waals surface area (Å²) in [6, 6.07) is 14.4. The Kier molecular flexibility index (Phi) is 4.78. The number of anilines is 1. The van der Waals surface area contributed by atoms with Gasteiger partial charge in [-0.15, -0.1) is 0 Å². The normalized spacial score (nSPS) is 10.2. The van der Waals surface area contributed by atoms with Gasteiger partial charge >= 0.3 is 0 Å². The Hall–Kier alpha value is -2.03. The van der Waals surface area contributed by atoms with E-state index in [9.17, 15) is 4.39 Å². The van der Waals surface area contributed by atoms with Crippen molar-refractivity contribution in [1.29, 1.82) is 0 Å². The van der Waals surface area contributed by atoms with Gasteiger partial charge < -0.3 is 10.1 Å². The lowest BCUT2D eigenvalue weighted by atomic mass is 10.1. The van der Waals surface area contributed by atoms with Crippen molar-refractivity contribution in [3.05, 3.63) is 59.9 Å². The molecule has 0 aromatic heterocycles. The van der Waals surface area contributed by atoms with Crippen LogP contribution in [0.4, 0.5) is 10.1 Å². The fourth-order valence-corrected chi connectivity index (χ4v) is 1.86. The molecule has 0 saturated heterocycles. The van der Waals surface area contributed by atoms with Crippen LogP contribution in [0.2, 0.25) is 0 Å². The SMILES string of the molecule is CCc1ccccc1OCCNc1ccc(F)cc1. The molecule has 0 atom stereocenters. The summed E-state index contributed by atoms with van der Waals surface area (Å²) in [5, 5.41) is 3.19. The Labute approximate surface area is 113 Å². The number of ether oxygens (including phenoxy) is 1. The Bertz CT molecular complexity index is 510. The molecule has 0 aliphatic heterocycles. The second-order valence-electron chi connectivity index (χ2n) is 4.24. The van der Waals surface area contributed by atoms with Crippen molar-refractivity contribution >= 4 is 5.69 Å². The summed E-state index contributed by atoms with van der Waals surface area (Å²) in [7, 11) is 0. The molecule has 0 aliphatic carbocycles. The van der Waals surface area contributed by atoms with Crippen molar-refractivity contribution in [1.82, 2.24) is 0 Å². The molecule has 0 fully saturated rings. The number of rotatable bonds is 6. The van der Waals surface area contributed by atoms with E-state index in [1.165, 1.54) is 17.7 Å². The zero-order chi connectivity index (χ0) is 13.5. The van der Waals surface area contributed by atoms with E-state index in [0.717, 1.165) is 17.9 Å². The van der Waals surface area contributed by atoms with Crippen LogP contribution in [0.3, 0.4) is 0 Å². The molecule has 2 aromatic rings. The zero-order valence-electron chi connectivity index (χ0n) is 11.0. The molecule has 1 N–H and O–H groups in total. The molecule has 2 rings (SSSR count). The summed E-state index contributed by atoms with van der Waals surface area (Å²) in [6.07, 6.45) is 0.960. The van der Waals surface area contributed by atoms with E-state index in [1.54, 1.807) is 12.1 Å². The third-order valence-corrected chi connectivity index (χ3v) is 2.89. The van der Waals surface area contributed by atoms with E-state index in [4.69, 9.17) is 4.74 Å². The third-order valence-electron chi connectivity index (χ3n) is 2.89.